The molecule has 1 saturated heterocycles. The van der Waals surface area contributed by atoms with Gasteiger partial charge in [-0.3, -0.25) is 4.98 Å². The summed E-state index contributed by atoms with van der Waals surface area (Å²) in [5.41, 5.74) is 0.316. The maximum absolute atomic E-state index is 10.6. The van der Waals surface area contributed by atoms with E-state index in [9.17, 15) is 13.2 Å². The summed E-state index contributed by atoms with van der Waals surface area (Å²) in [4.78, 5) is 20.0. The van der Waals surface area contributed by atoms with E-state index >= 15 is 0 Å². The van der Waals surface area contributed by atoms with Crippen LogP contribution in [0, 0.1) is 0 Å². The van der Waals surface area contributed by atoms with Gasteiger partial charge in [0.15, 0.2) is 0 Å². The largest absolute Gasteiger partial charge is 0.490 e. The predicted octanol–water partition coefficient (Wildman–Crippen LogP) is 0.968. The summed E-state index contributed by atoms with van der Waals surface area (Å²) in [6.45, 7) is 1.74. The van der Waals surface area contributed by atoms with Gasteiger partial charge < -0.3 is 15.2 Å². The van der Waals surface area contributed by atoms with Gasteiger partial charge in [0.2, 0.25) is 11.5 Å². The number of alkyl halides is 3. The van der Waals surface area contributed by atoms with Crippen molar-refractivity contribution in [1.29, 1.82) is 0 Å². The molecule has 1 fully saturated rings. The summed E-state index contributed by atoms with van der Waals surface area (Å²) in [7, 11) is -0.274. The van der Waals surface area contributed by atoms with Gasteiger partial charge in [0.1, 0.15) is 5.02 Å². The van der Waals surface area contributed by atoms with Gasteiger partial charge in [0, 0.05) is 6.54 Å². The Hall–Kier alpha value is -1.81. The molecule has 1 atom stereocenters. The predicted molar refractivity (Wildman–Crippen MR) is 70.7 cm³/mol. The highest BCUT2D eigenvalue weighted by molar-refractivity contribution is 6.31. The van der Waals surface area contributed by atoms with Crippen LogP contribution in [0.1, 0.15) is 9.16 Å². The zero-order valence-corrected chi connectivity index (χ0v) is 11.8. The highest BCUT2D eigenvalue weighted by atomic mass is 35.5. The van der Waals surface area contributed by atoms with E-state index in [-0.39, 0.29) is 30.2 Å². The van der Waals surface area contributed by atoms with E-state index in [0.717, 1.165) is 19.5 Å². The molecular weight excluding hydrogens is 329 g/mol. The number of aromatic nitrogens is 2. The SMILES string of the molecule is O=C(O)C(F)(F)F.[2H]COc1[nH]c(=N[C@@H]2CCNC2)nc([2H])c1Cl. The fraction of sp³-hybridized carbons (Fsp3) is 0.545. The first-order valence-corrected chi connectivity index (χ1v) is 6.26. The topological polar surface area (TPSA) is 99.6 Å². The summed E-state index contributed by atoms with van der Waals surface area (Å²) in [5.74, 6) is -2.58. The molecular formula is C11H14ClF3N4O3. The molecule has 2 heterocycles. The van der Waals surface area contributed by atoms with Crippen LogP contribution in [-0.4, -0.2) is 53.4 Å². The molecule has 0 bridgehead atoms. The number of H-pyrrole nitrogens is 1. The lowest BCUT2D eigenvalue weighted by atomic mass is 10.3. The number of carboxylic acids is 1. The van der Waals surface area contributed by atoms with Gasteiger partial charge in [-0.2, -0.15) is 13.2 Å². The molecule has 3 N–H and O–H groups in total. The van der Waals surface area contributed by atoms with Crippen LogP contribution < -0.4 is 15.7 Å². The zero-order chi connectivity index (χ0) is 18.3. The summed E-state index contributed by atoms with van der Waals surface area (Å²) < 4.78 is 51.3. The van der Waals surface area contributed by atoms with Gasteiger partial charge in [0.25, 0.3) is 0 Å². The first-order valence-electron chi connectivity index (χ1n) is 7.09. The third kappa shape index (κ3) is 5.90. The minimum atomic E-state index is -5.08. The number of methoxy groups -OCH3 is 1. The number of nitrogens with one attached hydrogen (secondary N) is 2. The van der Waals surface area contributed by atoms with E-state index in [1.165, 1.54) is 0 Å². The van der Waals surface area contributed by atoms with Crippen molar-refractivity contribution in [1.82, 2.24) is 15.3 Å². The Morgan fingerprint density at radius 2 is 2.41 bits per heavy atom. The number of carboxylic acid groups (broad SMARTS) is 1. The molecule has 0 aliphatic carbocycles. The summed E-state index contributed by atoms with van der Waals surface area (Å²) in [5, 5.41) is 10.4. The van der Waals surface area contributed by atoms with E-state index < -0.39 is 12.1 Å². The molecule has 1 aliphatic rings. The van der Waals surface area contributed by atoms with Gasteiger partial charge >= 0.3 is 12.1 Å². The summed E-state index contributed by atoms with van der Waals surface area (Å²) >= 11 is 5.82. The number of halogens is 4. The van der Waals surface area contributed by atoms with Crippen LogP contribution in [-0.2, 0) is 4.79 Å². The fourth-order valence-electron chi connectivity index (χ4n) is 1.42. The second kappa shape index (κ2) is 7.99. The van der Waals surface area contributed by atoms with Crippen molar-refractivity contribution in [3.05, 3.63) is 16.8 Å². The maximum atomic E-state index is 10.6. The van der Waals surface area contributed by atoms with Crippen molar-refractivity contribution >= 4 is 17.6 Å². The fourth-order valence-corrected chi connectivity index (χ4v) is 1.56. The minimum absolute atomic E-state index is 0.0701. The molecule has 7 nitrogen and oxygen atoms in total. The number of hydrogen-bond acceptors (Lipinski definition) is 5. The molecule has 0 aromatic carbocycles. The smallest absolute Gasteiger partial charge is 0.481 e. The van der Waals surface area contributed by atoms with Crippen molar-refractivity contribution in [2.75, 3.05) is 20.2 Å². The monoisotopic (exact) mass is 344 g/mol. The average Bonchev–Trinajstić information content (AvgIpc) is 2.97. The molecule has 0 radical (unpaired) electrons. The Balaban J connectivity index is 0.000000351. The van der Waals surface area contributed by atoms with E-state index in [1.807, 2.05) is 0 Å². The average molecular weight is 345 g/mol. The van der Waals surface area contributed by atoms with Crippen molar-refractivity contribution < 1.29 is 30.6 Å². The van der Waals surface area contributed by atoms with E-state index in [0.29, 0.717) is 5.62 Å². The minimum Gasteiger partial charge on any atom is -0.481 e. The summed E-state index contributed by atoms with van der Waals surface area (Å²) in [6, 6.07) is 0.156. The number of carbonyl (C=O) groups is 1. The lowest BCUT2D eigenvalue weighted by Gasteiger charge is -2.03. The number of rotatable bonds is 2. The Kier molecular flexibility index (Phi) is 5.48. The number of hydrogen-bond donors (Lipinski definition) is 3. The van der Waals surface area contributed by atoms with Gasteiger partial charge in [-0.15, -0.1) is 0 Å². The van der Waals surface area contributed by atoms with Crippen molar-refractivity contribution in [2.24, 2.45) is 4.99 Å². The zero-order valence-electron chi connectivity index (χ0n) is 13.1. The van der Waals surface area contributed by atoms with E-state index in [1.54, 1.807) is 0 Å². The molecule has 0 amide bonds. The Morgan fingerprint density at radius 3 is 2.91 bits per heavy atom. The quantitative estimate of drug-likeness (QED) is 0.742. The third-order valence-corrected chi connectivity index (χ3v) is 2.67. The maximum Gasteiger partial charge on any atom is 0.490 e. The van der Waals surface area contributed by atoms with Crippen molar-refractivity contribution in [3.63, 3.8) is 0 Å². The van der Waals surface area contributed by atoms with Crippen LogP contribution in [0.4, 0.5) is 13.2 Å². The van der Waals surface area contributed by atoms with Crippen LogP contribution in [0.2, 0.25) is 5.02 Å². The van der Waals surface area contributed by atoms with E-state index in [2.05, 4.69) is 20.3 Å². The Labute approximate surface area is 131 Å². The lowest BCUT2D eigenvalue weighted by molar-refractivity contribution is -0.192. The normalized spacial score (nSPS) is 19.8. The van der Waals surface area contributed by atoms with Gasteiger partial charge in [-0.05, 0) is 13.0 Å². The molecule has 1 aromatic rings. The standard InChI is InChI=1S/C9H13ClN4O.C2HF3O2/c1-15-8-7(10)5-12-9(14-8)13-6-2-3-11-4-6;3-2(4,5)1(6)7/h5-6,11H,2-4H2,1H3,(H,12,13,14);(H,6,7)/t6-;/m1./s1/i1D,5D;. The Morgan fingerprint density at radius 1 is 1.73 bits per heavy atom. The molecule has 0 saturated carbocycles. The number of ether oxygens (including phenoxy) is 1. The molecule has 2 rings (SSSR count). The Bertz CT molecular complexity index is 636. The van der Waals surface area contributed by atoms with Crippen LogP contribution in [0.3, 0.4) is 0 Å². The second-order valence-electron chi connectivity index (χ2n) is 4.04. The number of aliphatic carboxylic acids is 1. The lowest BCUT2D eigenvalue weighted by Crippen LogP contribution is -2.21. The van der Waals surface area contributed by atoms with E-state index in [4.69, 9.17) is 29.0 Å². The number of aromatic amines is 1. The number of nitrogens with zero attached hydrogens (tertiary/aromatic N) is 2. The molecule has 0 unspecified atom stereocenters. The second-order valence-corrected chi connectivity index (χ2v) is 4.42. The first-order chi connectivity index (χ1) is 11.1. The highest BCUT2D eigenvalue weighted by Gasteiger charge is 2.38. The first kappa shape index (κ1) is 15.1. The molecule has 1 aromatic heterocycles. The van der Waals surface area contributed by atoms with Crippen molar-refractivity contribution in [2.45, 2.75) is 18.6 Å². The van der Waals surface area contributed by atoms with Crippen LogP contribution >= 0.6 is 11.6 Å². The third-order valence-electron chi connectivity index (χ3n) is 2.41. The molecule has 124 valence electrons. The van der Waals surface area contributed by atoms with Gasteiger partial charge in [-0.1, -0.05) is 11.6 Å². The molecule has 0 spiro atoms. The summed E-state index contributed by atoms with van der Waals surface area (Å²) in [6.07, 6.45) is -4.24. The van der Waals surface area contributed by atoms with Gasteiger partial charge in [-0.25, -0.2) is 14.8 Å². The van der Waals surface area contributed by atoms with Crippen LogP contribution in [0.25, 0.3) is 0 Å². The van der Waals surface area contributed by atoms with Crippen LogP contribution in [0.5, 0.6) is 5.88 Å². The highest BCUT2D eigenvalue weighted by Crippen LogP contribution is 2.16. The van der Waals surface area contributed by atoms with Crippen molar-refractivity contribution in [3.8, 4) is 5.88 Å². The van der Waals surface area contributed by atoms with Gasteiger partial charge in [0.05, 0.1) is 22.0 Å². The molecule has 11 heteroatoms. The molecule has 22 heavy (non-hydrogen) atoms. The molecule has 1 aliphatic heterocycles. The van der Waals surface area contributed by atoms with Crippen LogP contribution in [0.15, 0.2) is 11.2 Å².